The Bertz CT molecular complexity index is 413. The molecular weight excluding hydrogens is 248 g/mol. The van der Waals surface area contributed by atoms with Crippen molar-refractivity contribution in [1.82, 2.24) is 4.90 Å². The minimum Gasteiger partial charge on any atom is -0.496 e. The molecule has 0 aromatic heterocycles. The van der Waals surface area contributed by atoms with Gasteiger partial charge in [-0.25, -0.2) is 0 Å². The molecule has 2 rings (SSSR count). The van der Waals surface area contributed by atoms with Gasteiger partial charge in [0, 0.05) is 18.2 Å². The van der Waals surface area contributed by atoms with Gasteiger partial charge in [-0.3, -0.25) is 4.90 Å². The van der Waals surface area contributed by atoms with Crippen LogP contribution in [0.5, 0.6) is 5.75 Å². The van der Waals surface area contributed by atoms with E-state index in [9.17, 15) is 0 Å². The van der Waals surface area contributed by atoms with Crippen molar-refractivity contribution in [3.63, 3.8) is 0 Å². The van der Waals surface area contributed by atoms with E-state index in [0.29, 0.717) is 0 Å². The number of ether oxygens (including phenoxy) is 1. The molecule has 2 unspecified atom stereocenters. The summed E-state index contributed by atoms with van der Waals surface area (Å²) in [7, 11) is 3.92. The summed E-state index contributed by atoms with van der Waals surface area (Å²) in [4.78, 5) is 2.42. The van der Waals surface area contributed by atoms with Crippen LogP contribution < -0.4 is 10.5 Å². The lowest BCUT2D eigenvalue weighted by molar-refractivity contribution is 0.184. The summed E-state index contributed by atoms with van der Waals surface area (Å²) in [5.41, 5.74) is 7.47. The van der Waals surface area contributed by atoms with Gasteiger partial charge in [0.1, 0.15) is 5.75 Å². The zero-order valence-electron chi connectivity index (χ0n) is 13.0. The van der Waals surface area contributed by atoms with Crippen LogP contribution in [0.3, 0.4) is 0 Å². The SMILES string of the molecule is COc1ccccc1C(C(C)N)N(C)CC1CCCC1. The van der Waals surface area contributed by atoms with Crippen LogP contribution >= 0.6 is 0 Å². The third kappa shape index (κ3) is 3.53. The minimum absolute atomic E-state index is 0.0812. The standard InChI is InChI=1S/C17H28N2O/c1-13(18)17(15-10-6-7-11-16(15)20-3)19(2)12-14-8-4-5-9-14/h6-7,10-11,13-14,17H,4-5,8-9,12,18H2,1-3H3. The van der Waals surface area contributed by atoms with Gasteiger partial charge in [-0.05, 0) is 38.8 Å². The van der Waals surface area contributed by atoms with E-state index in [1.807, 2.05) is 12.1 Å². The quantitative estimate of drug-likeness (QED) is 0.867. The Morgan fingerprint density at radius 1 is 1.30 bits per heavy atom. The molecule has 112 valence electrons. The molecule has 20 heavy (non-hydrogen) atoms. The number of para-hydroxylation sites is 1. The van der Waals surface area contributed by atoms with Gasteiger partial charge in [0.15, 0.2) is 0 Å². The van der Waals surface area contributed by atoms with Crippen molar-refractivity contribution in [1.29, 1.82) is 0 Å². The Labute approximate surface area is 123 Å². The van der Waals surface area contributed by atoms with Crippen LogP contribution in [0.15, 0.2) is 24.3 Å². The third-order valence-electron chi connectivity index (χ3n) is 4.45. The van der Waals surface area contributed by atoms with E-state index in [-0.39, 0.29) is 12.1 Å². The predicted molar refractivity (Wildman–Crippen MR) is 84.0 cm³/mol. The molecule has 0 saturated heterocycles. The molecule has 1 aliphatic rings. The number of nitrogens with two attached hydrogens (primary N) is 1. The molecule has 1 aliphatic carbocycles. The van der Waals surface area contributed by atoms with Crippen molar-refractivity contribution < 1.29 is 4.74 Å². The summed E-state index contributed by atoms with van der Waals surface area (Å²) in [6.45, 7) is 3.21. The largest absolute Gasteiger partial charge is 0.496 e. The summed E-state index contributed by atoms with van der Waals surface area (Å²) in [5.74, 6) is 1.77. The molecule has 1 fully saturated rings. The van der Waals surface area contributed by atoms with E-state index >= 15 is 0 Å². The normalized spacial score (nSPS) is 19.2. The third-order valence-corrected chi connectivity index (χ3v) is 4.45. The molecule has 0 bridgehead atoms. The molecule has 0 heterocycles. The second-order valence-corrected chi connectivity index (χ2v) is 6.14. The van der Waals surface area contributed by atoms with Crippen LogP contribution in [0.4, 0.5) is 0 Å². The summed E-state index contributed by atoms with van der Waals surface area (Å²) >= 11 is 0. The number of benzene rings is 1. The highest BCUT2D eigenvalue weighted by Crippen LogP contribution is 2.33. The van der Waals surface area contributed by atoms with Crippen molar-refractivity contribution in [2.45, 2.75) is 44.7 Å². The average molecular weight is 276 g/mol. The average Bonchev–Trinajstić information content (AvgIpc) is 2.92. The molecule has 1 saturated carbocycles. The van der Waals surface area contributed by atoms with Crippen molar-refractivity contribution in [3.05, 3.63) is 29.8 Å². The molecule has 2 N–H and O–H groups in total. The molecule has 2 atom stereocenters. The summed E-state index contributed by atoms with van der Waals surface area (Å²) in [6.07, 6.45) is 5.50. The summed E-state index contributed by atoms with van der Waals surface area (Å²) in [6, 6.07) is 8.53. The molecule has 0 amide bonds. The van der Waals surface area contributed by atoms with Gasteiger partial charge < -0.3 is 10.5 Å². The summed E-state index contributed by atoms with van der Waals surface area (Å²) < 4.78 is 5.51. The van der Waals surface area contributed by atoms with Gasteiger partial charge in [0.25, 0.3) is 0 Å². The maximum absolute atomic E-state index is 6.27. The minimum atomic E-state index is 0.0812. The second kappa shape index (κ2) is 7.09. The van der Waals surface area contributed by atoms with Gasteiger partial charge in [-0.1, -0.05) is 31.0 Å². The maximum atomic E-state index is 6.27. The topological polar surface area (TPSA) is 38.5 Å². The Hall–Kier alpha value is -1.06. The molecule has 0 spiro atoms. The lowest BCUT2D eigenvalue weighted by Gasteiger charge is -2.34. The second-order valence-electron chi connectivity index (χ2n) is 6.14. The van der Waals surface area contributed by atoms with Crippen molar-refractivity contribution in [2.24, 2.45) is 11.7 Å². The Balaban J connectivity index is 2.16. The van der Waals surface area contributed by atoms with Crippen LogP contribution in [-0.4, -0.2) is 31.6 Å². The molecule has 3 heteroatoms. The monoisotopic (exact) mass is 276 g/mol. The first kappa shape index (κ1) is 15.3. The summed E-state index contributed by atoms with van der Waals surface area (Å²) in [5, 5.41) is 0. The number of hydrogen-bond acceptors (Lipinski definition) is 3. The number of nitrogens with zero attached hydrogens (tertiary/aromatic N) is 1. The predicted octanol–water partition coefficient (Wildman–Crippen LogP) is 3.21. The molecule has 0 radical (unpaired) electrons. The zero-order valence-corrected chi connectivity index (χ0v) is 13.0. The molecule has 1 aromatic rings. The van der Waals surface area contributed by atoms with E-state index in [2.05, 4.69) is 31.0 Å². The van der Waals surface area contributed by atoms with Gasteiger partial charge in [-0.2, -0.15) is 0 Å². The Morgan fingerprint density at radius 2 is 1.95 bits per heavy atom. The van der Waals surface area contributed by atoms with Crippen LogP contribution in [0.25, 0.3) is 0 Å². The molecule has 0 aliphatic heterocycles. The number of rotatable bonds is 6. The number of likely N-dealkylation sites (N-methyl/N-ethyl adjacent to an activating group) is 1. The van der Waals surface area contributed by atoms with Gasteiger partial charge in [0.05, 0.1) is 13.2 Å². The Morgan fingerprint density at radius 3 is 2.55 bits per heavy atom. The van der Waals surface area contributed by atoms with E-state index in [0.717, 1.165) is 18.2 Å². The van der Waals surface area contributed by atoms with Crippen LogP contribution in [-0.2, 0) is 0 Å². The van der Waals surface area contributed by atoms with Crippen molar-refractivity contribution >= 4 is 0 Å². The van der Waals surface area contributed by atoms with E-state index in [1.54, 1.807) is 7.11 Å². The molecule has 3 nitrogen and oxygen atoms in total. The smallest absolute Gasteiger partial charge is 0.123 e. The van der Waals surface area contributed by atoms with Crippen LogP contribution in [0.1, 0.15) is 44.2 Å². The van der Waals surface area contributed by atoms with Crippen molar-refractivity contribution in [2.75, 3.05) is 20.7 Å². The van der Waals surface area contributed by atoms with Crippen LogP contribution in [0.2, 0.25) is 0 Å². The maximum Gasteiger partial charge on any atom is 0.123 e. The fourth-order valence-corrected chi connectivity index (χ4v) is 3.55. The lowest BCUT2D eigenvalue weighted by atomic mass is 9.97. The van der Waals surface area contributed by atoms with E-state index in [4.69, 9.17) is 10.5 Å². The molecule has 1 aromatic carbocycles. The van der Waals surface area contributed by atoms with Crippen molar-refractivity contribution in [3.8, 4) is 5.75 Å². The van der Waals surface area contributed by atoms with E-state index < -0.39 is 0 Å². The highest BCUT2D eigenvalue weighted by Gasteiger charge is 2.27. The van der Waals surface area contributed by atoms with Gasteiger partial charge >= 0.3 is 0 Å². The first-order valence-corrected chi connectivity index (χ1v) is 7.72. The van der Waals surface area contributed by atoms with Crippen LogP contribution in [0, 0.1) is 5.92 Å². The Kier molecular flexibility index (Phi) is 5.44. The fourth-order valence-electron chi connectivity index (χ4n) is 3.55. The molecular formula is C17H28N2O. The lowest BCUT2D eigenvalue weighted by Crippen LogP contribution is -2.39. The first-order chi connectivity index (χ1) is 9.63. The number of hydrogen-bond donors (Lipinski definition) is 1. The first-order valence-electron chi connectivity index (χ1n) is 7.72. The van der Waals surface area contributed by atoms with Gasteiger partial charge in [0.2, 0.25) is 0 Å². The highest BCUT2D eigenvalue weighted by molar-refractivity contribution is 5.36. The number of methoxy groups -OCH3 is 1. The van der Waals surface area contributed by atoms with Gasteiger partial charge in [-0.15, -0.1) is 0 Å². The highest BCUT2D eigenvalue weighted by atomic mass is 16.5. The van der Waals surface area contributed by atoms with E-state index in [1.165, 1.54) is 31.2 Å². The zero-order chi connectivity index (χ0) is 14.5. The fraction of sp³-hybridized carbons (Fsp3) is 0.647.